The van der Waals surface area contributed by atoms with E-state index in [-0.39, 0.29) is 18.4 Å². The number of nitrogens with zero attached hydrogens (tertiary/aromatic N) is 1. The van der Waals surface area contributed by atoms with Gasteiger partial charge in [0.15, 0.2) is 0 Å². The Kier molecular flexibility index (Phi) is 4.33. The largest absolute Gasteiger partial charge is 0.480 e. The standard InChI is InChI=1S/C12H21NO3/c1-8(2)6-13(7-11(14)15)12(16)10-4-9(3)5-10/h8-10H,4-7H2,1-3H3,(H,14,15). The first kappa shape index (κ1) is 13.0. The zero-order valence-electron chi connectivity index (χ0n) is 10.3. The summed E-state index contributed by atoms with van der Waals surface area (Å²) < 4.78 is 0. The number of carboxylic acid groups (broad SMARTS) is 1. The second kappa shape index (κ2) is 5.32. The van der Waals surface area contributed by atoms with E-state index in [1.165, 1.54) is 4.90 Å². The number of hydrogen-bond donors (Lipinski definition) is 1. The number of aliphatic carboxylic acids is 1. The smallest absolute Gasteiger partial charge is 0.323 e. The van der Waals surface area contributed by atoms with E-state index in [9.17, 15) is 9.59 Å². The van der Waals surface area contributed by atoms with Gasteiger partial charge in [-0.3, -0.25) is 9.59 Å². The van der Waals surface area contributed by atoms with E-state index in [1.54, 1.807) is 0 Å². The average molecular weight is 227 g/mol. The molecule has 1 aliphatic carbocycles. The molecule has 0 aromatic heterocycles. The lowest BCUT2D eigenvalue weighted by atomic mass is 9.75. The molecule has 0 aliphatic heterocycles. The van der Waals surface area contributed by atoms with E-state index < -0.39 is 5.97 Å². The highest BCUT2D eigenvalue weighted by Crippen LogP contribution is 2.34. The fraction of sp³-hybridized carbons (Fsp3) is 0.833. The van der Waals surface area contributed by atoms with Gasteiger partial charge in [-0.05, 0) is 24.7 Å². The molecule has 1 rings (SSSR count). The maximum Gasteiger partial charge on any atom is 0.323 e. The van der Waals surface area contributed by atoms with Crippen LogP contribution in [0.3, 0.4) is 0 Å². The van der Waals surface area contributed by atoms with Crippen LogP contribution in [0.1, 0.15) is 33.6 Å². The predicted molar refractivity (Wildman–Crippen MR) is 60.9 cm³/mol. The van der Waals surface area contributed by atoms with Gasteiger partial charge in [-0.25, -0.2) is 0 Å². The van der Waals surface area contributed by atoms with Crippen molar-refractivity contribution in [2.45, 2.75) is 33.6 Å². The third kappa shape index (κ3) is 3.51. The van der Waals surface area contributed by atoms with Gasteiger partial charge in [0.1, 0.15) is 6.54 Å². The zero-order chi connectivity index (χ0) is 12.3. The first-order chi connectivity index (χ1) is 7.40. The van der Waals surface area contributed by atoms with E-state index >= 15 is 0 Å². The van der Waals surface area contributed by atoms with Gasteiger partial charge in [0, 0.05) is 12.5 Å². The van der Waals surface area contributed by atoms with Crippen LogP contribution >= 0.6 is 0 Å². The van der Waals surface area contributed by atoms with Gasteiger partial charge in [-0.2, -0.15) is 0 Å². The van der Waals surface area contributed by atoms with Crippen molar-refractivity contribution in [3.8, 4) is 0 Å². The summed E-state index contributed by atoms with van der Waals surface area (Å²) in [6, 6.07) is 0. The summed E-state index contributed by atoms with van der Waals surface area (Å²) in [6.45, 7) is 6.47. The van der Waals surface area contributed by atoms with Crippen molar-refractivity contribution in [3.05, 3.63) is 0 Å². The van der Waals surface area contributed by atoms with E-state index in [1.807, 2.05) is 13.8 Å². The molecule has 0 aromatic rings. The van der Waals surface area contributed by atoms with E-state index in [4.69, 9.17) is 5.11 Å². The van der Waals surface area contributed by atoms with Crippen molar-refractivity contribution in [1.29, 1.82) is 0 Å². The lowest BCUT2D eigenvalue weighted by Gasteiger charge is -2.35. The summed E-state index contributed by atoms with van der Waals surface area (Å²) in [5.74, 6) is 0.0733. The van der Waals surface area contributed by atoms with Gasteiger partial charge in [-0.1, -0.05) is 20.8 Å². The van der Waals surface area contributed by atoms with Crippen LogP contribution in [0.25, 0.3) is 0 Å². The molecule has 1 saturated carbocycles. The Labute approximate surface area is 96.6 Å². The molecule has 1 N–H and O–H groups in total. The fourth-order valence-electron chi connectivity index (χ4n) is 2.20. The molecule has 0 saturated heterocycles. The van der Waals surface area contributed by atoms with Crippen molar-refractivity contribution in [2.75, 3.05) is 13.1 Å². The summed E-state index contributed by atoms with van der Waals surface area (Å²) in [4.78, 5) is 24.2. The fourth-order valence-corrected chi connectivity index (χ4v) is 2.20. The van der Waals surface area contributed by atoms with Crippen molar-refractivity contribution < 1.29 is 14.7 Å². The Morgan fingerprint density at radius 1 is 1.38 bits per heavy atom. The summed E-state index contributed by atoms with van der Waals surface area (Å²) in [5, 5.41) is 8.78. The maximum absolute atomic E-state index is 12.0. The summed E-state index contributed by atoms with van der Waals surface area (Å²) in [6.07, 6.45) is 1.82. The molecule has 1 amide bonds. The van der Waals surface area contributed by atoms with E-state index in [2.05, 4.69) is 6.92 Å². The van der Waals surface area contributed by atoms with Gasteiger partial charge >= 0.3 is 5.97 Å². The molecule has 16 heavy (non-hydrogen) atoms. The van der Waals surface area contributed by atoms with Crippen LogP contribution in [0, 0.1) is 17.8 Å². The van der Waals surface area contributed by atoms with Crippen molar-refractivity contribution in [3.63, 3.8) is 0 Å². The lowest BCUT2D eigenvalue weighted by Crippen LogP contribution is -2.45. The normalized spacial score (nSPS) is 24.0. The molecule has 1 fully saturated rings. The topological polar surface area (TPSA) is 57.6 Å². The Bertz CT molecular complexity index is 269. The Hall–Kier alpha value is -1.06. The highest BCUT2D eigenvalue weighted by atomic mass is 16.4. The van der Waals surface area contributed by atoms with Crippen molar-refractivity contribution in [2.24, 2.45) is 17.8 Å². The Morgan fingerprint density at radius 2 is 1.94 bits per heavy atom. The number of rotatable bonds is 5. The zero-order valence-corrected chi connectivity index (χ0v) is 10.3. The molecular formula is C12H21NO3. The summed E-state index contributed by atoms with van der Waals surface area (Å²) in [5.41, 5.74) is 0. The molecule has 4 heteroatoms. The highest BCUT2D eigenvalue weighted by molar-refractivity contribution is 5.83. The second-order valence-electron chi connectivity index (χ2n) is 5.28. The van der Waals surface area contributed by atoms with Crippen LogP contribution in [-0.4, -0.2) is 35.0 Å². The first-order valence-electron chi connectivity index (χ1n) is 5.90. The van der Waals surface area contributed by atoms with E-state index in [0.29, 0.717) is 18.4 Å². The predicted octanol–water partition coefficient (Wildman–Crippen LogP) is 1.60. The number of hydrogen-bond acceptors (Lipinski definition) is 2. The number of carbonyl (C=O) groups is 2. The minimum Gasteiger partial charge on any atom is -0.480 e. The quantitative estimate of drug-likeness (QED) is 0.776. The third-order valence-corrected chi connectivity index (χ3v) is 2.95. The molecule has 0 unspecified atom stereocenters. The lowest BCUT2D eigenvalue weighted by molar-refractivity contribution is -0.148. The molecule has 0 radical (unpaired) electrons. The Morgan fingerprint density at radius 3 is 2.31 bits per heavy atom. The Balaban J connectivity index is 2.53. The molecule has 0 aromatic carbocycles. The third-order valence-electron chi connectivity index (χ3n) is 2.95. The van der Waals surface area contributed by atoms with Gasteiger partial charge in [0.25, 0.3) is 0 Å². The van der Waals surface area contributed by atoms with Crippen LogP contribution in [0.4, 0.5) is 0 Å². The molecule has 0 heterocycles. The minimum absolute atomic E-state index is 0.0224. The van der Waals surface area contributed by atoms with Crippen molar-refractivity contribution >= 4 is 11.9 Å². The van der Waals surface area contributed by atoms with Gasteiger partial charge in [0.05, 0.1) is 0 Å². The van der Waals surface area contributed by atoms with Crippen LogP contribution in [0.15, 0.2) is 0 Å². The SMILES string of the molecule is CC(C)CN(CC(=O)O)C(=O)C1CC(C)C1. The molecular weight excluding hydrogens is 206 g/mol. The highest BCUT2D eigenvalue weighted by Gasteiger charge is 2.34. The molecule has 4 nitrogen and oxygen atoms in total. The molecule has 1 aliphatic rings. The molecule has 0 spiro atoms. The summed E-state index contributed by atoms with van der Waals surface area (Å²) in [7, 11) is 0. The van der Waals surface area contributed by atoms with Crippen LogP contribution in [0.5, 0.6) is 0 Å². The number of carboxylic acids is 1. The summed E-state index contributed by atoms with van der Waals surface area (Å²) >= 11 is 0. The monoisotopic (exact) mass is 227 g/mol. The first-order valence-corrected chi connectivity index (χ1v) is 5.90. The van der Waals surface area contributed by atoms with Gasteiger partial charge in [-0.15, -0.1) is 0 Å². The second-order valence-corrected chi connectivity index (χ2v) is 5.28. The average Bonchev–Trinajstić information content (AvgIpc) is 2.09. The molecule has 0 atom stereocenters. The minimum atomic E-state index is -0.929. The van der Waals surface area contributed by atoms with Crippen LogP contribution < -0.4 is 0 Å². The van der Waals surface area contributed by atoms with Gasteiger partial charge in [0.2, 0.25) is 5.91 Å². The molecule has 92 valence electrons. The maximum atomic E-state index is 12.0. The van der Waals surface area contributed by atoms with Crippen LogP contribution in [-0.2, 0) is 9.59 Å². The number of amides is 1. The molecule has 0 bridgehead atoms. The van der Waals surface area contributed by atoms with Crippen molar-refractivity contribution in [1.82, 2.24) is 4.90 Å². The van der Waals surface area contributed by atoms with Gasteiger partial charge < -0.3 is 10.0 Å². The van der Waals surface area contributed by atoms with E-state index in [0.717, 1.165) is 12.8 Å². The number of carbonyl (C=O) groups excluding carboxylic acids is 1. The van der Waals surface area contributed by atoms with Crippen LogP contribution in [0.2, 0.25) is 0 Å².